The van der Waals surface area contributed by atoms with Crippen LogP contribution in [0.5, 0.6) is 0 Å². The molecule has 0 atom stereocenters. The maximum absolute atomic E-state index is 12.1. The van der Waals surface area contributed by atoms with E-state index in [1.807, 2.05) is 12.1 Å². The second kappa shape index (κ2) is 8.52. The molecule has 0 radical (unpaired) electrons. The number of pyridine rings is 1. The van der Waals surface area contributed by atoms with Gasteiger partial charge in [0.2, 0.25) is 5.91 Å². The SMILES string of the molecule is O=C(Cc1ccc(Cl)c(Cl)c1)NCc1ccc(N2CCOCC2)nc1. The van der Waals surface area contributed by atoms with Crippen LogP contribution in [0.2, 0.25) is 10.0 Å². The number of carbonyl (C=O) groups is 1. The molecule has 3 rings (SSSR count). The summed E-state index contributed by atoms with van der Waals surface area (Å²) in [7, 11) is 0. The van der Waals surface area contributed by atoms with E-state index in [0.29, 0.717) is 16.6 Å². The minimum absolute atomic E-state index is 0.0735. The van der Waals surface area contributed by atoms with Crippen LogP contribution in [0.4, 0.5) is 5.82 Å². The van der Waals surface area contributed by atoms with Crippen molar-refractivity contribution in [2.24, 2.45) is 0 Å². The van der Waals surface area contributed by atoms with Gasteiger partial charge in [0, 0.05) is 25.8 Å². The zero-order valence-corrected chi connectivity index (χ0v) is 15.2. The van der Waals surface area contributed by atoms with E-state index in [1.54, 1.807) is 24.4 Å². The summed E-state index contributed by atoms with van der Waals surface area (Å²) in [5, 5.41) is 3.83. The summed E-state index contributed by atoms with van der Waals surface area (Å²) in [6, 6.07) is 9.17. The molecule has 7 heteroatoms. The largest absolute Gasteiger partial charge is 0.378 e. The van der Waals surface area contributed by atoms with Gasteiger partial charge in [-0.1, -0.05) is 35.3 Å². The van der Waals surface area contributed by atoms with Crippen molar-refractivity contribution in [3.8, 4) is 0 Å². The van der Waals surface area contributed by atoms with E-state index in [9.17, 15) is 4.79 Å². The molecule has 2 aromatic rings. The lowest BCUT2D eigenvalue weighted by molar-refractivity contribution is -0.120. The Kier molecular flexibility index (Phi) is 6.13. The van der Waals surface area contributed by atoms with Gasteiger partial charge in [-0.15, -0.1) is 0 Å². The van der Waals surface area contributed by atoms with Crippen molar-refractivity contribution >= 4 is 34.9 Å². The first-order valence-corrected chi connectivity index (χ1v) is 8.85. The number of ether oxygens (including phenoxy) is 1. The number of morpholine rings is 1. The van der Waals surface area contributed by atoms with Crippen molar-refractivity contribution < 1.29 is 9.53 Å². The number of nitrogens with zero attached hydrogens (tertiary/aromatic N) is 2. The lowest BCUT2D eigenvalue weighted by Gasteiger charge is -2.27. The highest BCUT2D eigenvalue weighted by atomic mass is 35.5. The lowest BCUT2D eigenvalue weighted by Crippen LogP contribution is -2.36. The lowest BCUT2D eigenvalue weighted by atomic mass is 10.1. The molecule has 0 bridgehead atoms. The van der Waals surface area contributed by atoms with Gasteiger partial charge < -0.3 is 15.0 Å². The highest BCUT2D eigenvalue weighted by Crippen LogP contribution is 2.22. The van der Waals surface area contributed by atoms with Gasteiger partial charge in [0.05, 0.1) is 29.7 Å². The number of aromatic nitrogens is 1. The van der Waals surface area contributed by atoms with E-state index in [2.05, 4.69) is 15.2 Å². The molecule has 1 aromatic carbocycles. The standard InChI is InChI=1S/C18H19Cl2N3O2/c19-15-3-1-13(9-16(15)20)10-18(24)22-12-14-2-4-17(21-11-14)23-5-7-25-8-6-23/h1-4,9,11H,5-8,10,12H2,(H,22,24). The third-order valence-electron chi connectivity index (χ3n) is 3.98. The Morgan fingerprint density at radius 2 is 1.88 bits per heavy atom. The Bertz CT molecular complexity index is 732. The zero-order valence-electron chi connectivity index (χ0n) is 13.7. The minimum atomic E-state index is -0.0735. The van der Waals surface area contributed by atoms with Gasteiger partial charge in [-0.05, 0) is 29.3 Å². The fourth-order valence-electron chi connectivity index (χ4n) is 2.60. The molecule has 25 heavy (non-hydrogen) atoms. The molecule has 1 amide bonds. The van der Waals surface area contributed by atoms with Crippen molar-refractivity contribution in [1.82, 2.24) is 10.3 Å². The number of hydrogen-bond acceptors (Lipinski definition) is 4. The van der Waals surface area contributed by atoms with Crippen LogP contribution in [-0.2, 0) is 22.5 Å². The summed E-state index contributed by atoms with van der Waals surface area (Å²) in [5.41, 5.74) is 1.78. The average molecular weight is 380 g/mol. The average Bonchev–Trinajstić information content (AvgIpc) is 2.64. The van der Waals surface area contributed by atoms with Crippen molar-refractivity contribution in [2.45, 2.75) is 13.0 Å². The van der Waals surface area contributed by atoms with Gasteiger partial charge >= 0.3 is 0 Å². The Morgan fingerprint density at radius 3 is 2.56 bits per heavy atom. The topological polar surface area (TPSA) is 54.5 Å². The van der Waals surface area contributed by atoms with Crippen LogP contribution in [0.25, 0.3) is 0 Å². The van der Waals surface area contributed by atoms with Crippen molar-refractivity contribution in [2.75, 3.05) is 31.2 Å². The summed E-state index contributed by atoms with van der Waals surface area (Å²) in [5.74, 6) is 0.866. The highest BCUT2D eigenvalue weighted by molar-refractivity contribution is 6.42. The zero-order chi connectivity index (χ0) is 17.6. The van der Waals surface area contributed by atoms with Crippen LogP contribution in [0.1, 0.15) is 11.1 Å². The molecule has 0 unspecified atom stereocenters. The van der Waals surface area contributed by atoms with Crippen molar-refractivity contribution in [3.05, 3.63) is 57.7 Å². The predicted octanol–water partition coefficient (Wildman–Crippen LogP) is 3.08. The number of halogens is 2. The molecule has 1 saturated heterocycles. The van der Waals surface area contributed by atoms with E-state index in [0.717, 1.165) is 43.2 Å². The molecule has 2 heterocycles. The normalized spacial score (nSPS) is 14.4. The Labute approximate surface area is 156 Å². The number of nitrogens with one attached hydrogen (secondary N) is 1. The molecular weight excluding hydrogens is 361 g/mol. The number of benzene rings is 1. The molecule has 1 N–H and O–H groups in total. The molecule has 0 aliphatic carbocycles. The molecular formula is C18H19Cl2N3O2. The minimum Gasteiger partial charge on any atom is -0.378 e. The third kappa shape index (κ3) is 5.08. The number of rotatable bonds is 5. The second-order valence-corrected chi connectivity index (χ2v) is 6.64. The Hall–Kier alpha value is -1.82. The van der Waals surface area contributed by atoms with E-state index in [1.165, 1.54) is 0 Å². The second-order valence-electron chi connectivity index (χ2n) is 5.83. The van der Waals surface area contributed by atoms with Crippen LogP contribution < -0.4 is 10.2 Å². The van der Waals surface area contributed by atoms with Crippen molar-refractivity contribution in [3.63, 3.8) is 0 Å². The maximum atomic E-state index is 12.1. The Morgan fingerprint density at radius 1 is 1.12 bits per heavy atom. The summed E-state index contributed by atoms with van der Waals surface area (Å²) in [4.78, 5) is 18.7. The molecule has 132 valence electrons. The smallest absolute Gasteiger partial charge is 0.224 e. The fourth-order valence-corrected chi connectivity index (χ4v) is 2.92. The fraction of sp³-hybridized carbons (Fsp3) is 0.333. The predicted molar refractivity (Wildman–Crippen MR) is 99.3 cm³/mol. The van der Waals surface area contributed by atoms with Crippen LogP contribution in [0.3, 0.4) is 0 Å². The molecule has 5 nitrogen and oxygen atoms in total. The number of carbonyl (C=O) groups excluding carboxylic acids is 1. The first-order chi connectivity index (χ1) is 12.1. The Balaban J connectivity index is 1.50. The summed E-state index contributed by atoms with van der Waals surface area (Å²) >= 11 is 11.8. The molecule has 1 aliphatic rings. The summed E-state index contributed by atoms with van der Waals surface area (Å²) < 4.78 is 5.34. The first kappa shape index (κ1) is 18.0. The van der Waals surface area contributed by atoms with Crippen LogP contribution in [-0.4, -0.2) is 37.2 Å². The highest BCUT2D eigenvalue weighted by Gasteiger charge is 2.12. The van der Waals surface area contributed by atoms with E-state index < -0.39 is 0 Å². The van der Waals surface area contributed by atoms with Crippen LogP contribution in [0.15, 0.2) is 36.5 Å². The summed E-state index contributed by atoms with van der Waals surface area (Å²) in [6.45, 7) is 3.61. The van der Waals surface area contributed by atoms with Gasteiger partial charge in [0.25, 0.3) is 0 Å². The van der Waals surface area contributed by atoms with Gasteiger partial charge in [-0.3, -0.25) is 4.79 Å². The molecule has 1 aliphatic heterocycles. The number of hydrogen-bond donors (Lipinski definition) is 1. The first-order valence-electron chi connectivity index (χ1n) is 8.10. The maximum Gasteiger partial charge on any atom is 0.224 e. The monoisotopic (exact) mass is 379 g/mol. The van der Waals surface area contributed by atoms with Gasteiger partial charge in [-0.2, -0.15) is 0 Å². The number of amides is 1. The summed E-state index contributed by atoms with van der Waals surface area (Å²) in [6.07, 6.45) is 2.06. The molecule has 0 spiro atoms. The van der Waals surface area contributed by atoms with Gasteiger partial charge in [0.1, 0.15) is 5.82 Å². The quantitative estimate of drug-likeness (QED) is 0.866. The third-order valence-corrected chi connectivity index (χ3v) is 4.72. The molecule has 1 fully saturated rings. The van der Waals surface area contributed by atoms with Crippen LogP contribution >= 0.6 is 23.2 Å². The van der Waals surface area contributed by atoms with E-state index >= 15 is 0 Å². The van der Waals surface area contributed by atoms with Gasteiger partial charge in [0.15, 0.2) is 0 Å². The van der Waals surface area contributed by atoms with Crippen LogP contribution in [0, 0.1) is 0 Å². The molecule has 0 saturated carbocycles. The van der Waals surface area contributed by atoms with Gasteiger partial charge in [-0.25, -0.2) is 4.98 Å². The van der Waals surface area contributed by atoms with Crippen molar-refractivity contribution in [1.29, 1.82) is 0 Å². The van der Waals surface area contributed by atoms with E-state index in [-0.39, 0.29) is 12.3 Å². The number of anilines is 1. The molecule has 1 aromatic heterocycles. The van der Waals surface area contributed by atoms with E-state index in [4.69, 9.17) is 27.9 Å².